The average molecular weight is 332 g/mol. The minimum Gasteiger partial charge on any atom is -0.494 e. The normalized spacial score (nSPS) is 16.8. The fourth-order valence-corrected chi connectivity index (χ4v) is 3.35. The van der Waals surface area contributed by atoms with Crippen LogP contribution in [0.25, 0.3) is 0 Å². The van der Waals surface area contributed by atoms with Crippen molar-refractivity contribution in [3.8, 4) is 5.75 Å². The molecule has 0 aromatic heterocycles. The van der Waals surface area contributed by atoms with Gasteiger partial charge in [0.05, 0.1) is 12.6 Å². The van der Waals surface area contributed by atoms with Crippen LogP contribution in [0.5, 0.6) is 5.75 Å². The van der Waals surface area contributed by atoms with Crippen molar-refractivity contribution in [1.29, 1.82) is 0 Å². The third kappa shape index (κ3) is 2.68. The zero-order chi connectivity index (χ0) is 13.9. The van der Waals surface area contributed by atoms with Crippen LogP contribution in [0.2, 0.25) is 0 Å². The molecule has 104 valence electrons. The molecular formula is C17H18BrNO. The van der Waals surface area contributed by atoms with Gasteiger partial charge in [-0.05, 0) is 61.2 Å². The SMILES string of the molecule is CCOc1ccc(NC2CCc3c(Br)cccc32)cc1. The highest BCUT2D eigenvalue weighted by Crippen LogP contribution is 2.37. The number of nitrogens with one attached hydrogen (secondary N) is 1. The van der Waals surface area contributed by atoms with E-state index in [2.05, 4.69) is 51.6 Å². The van der Waals surface area contributed by atoms with Crippen molar-refractivity contribution in [3.63, 3.8) is 0 Å². The van der Waals surface area contributed by atoms with Gasteiger partial charge in [0.1, 0.15) is 5.75 Å². The highest BCUT2D eigenvalue weighted by Gasteiger charge is 2.23. The Morgan fingerprint density at radius 1 is 1.20 bits per heavy atom. The molecule has 0 fully saturated rings. The first-order valence-electron chi connectivity index (χ1n) is 7.04. The maximum absolute atomic E-state index is 5.47. The number of rotatable bonds is 4. The minimum atomic E-state index is 0.403. The van der Waals surface area contributed by atoms with E-state index in [4.69, 9.17) is 4.74 Å². The molecular weight excluding hydrogens is 314 g/mol. The lowest BCUT2D eigenvalue weighted by Crippen LogP contribution is -2.06. The summed E-state index contributed by atoms with van der Waals surface area (Å²) in [5.41, 5.74) is 4.00. The summed E-state index contributed by atoms with van der Waals surface area (Å²) in [4.78, 5) is 0. The predicted octanol–water partition coefficient (Wildman–Crippen LogP) is 4.95. The van der Waals surface area contributed by atoms with E-state index in [0.29, 0.717) is 12.6 Å². The van der Waals surface area contributed by atoms with Gasteiger partial charge in [-0.3, -0.25) is 0 Å². The Labute approximate surface area is 128 Å². The monoisotopic (exact) mass is 331 g/mol. The first-order valence-corrected chi connectivity index (χ1v) is 7.84. The molecule has 0 saturated heterocycles. The third-order valence-corrected chi connectivity index (χ3v) is 4.46. The number of halogens is 1. The number of hydrogen-bond acceptors (Lipinski definition) is 2. The molecule has 3 rings (SSSR count). The molecule has 1 N–H and O–H groups in total. The van der Waals surface area contributed by atoms with E-state index < -0.39 is 0 Å². The molecule has 20 heavy (non-hydrogen) atoms. The zero-order valence-corrected chi connectivity index (χ0v) is 13.1. The van der Waals surface area contributed by atoms with Crippen LogP contribution >= 0.6 is 15.9 Å². The van der Waals surface area contributed by atoms with Crippen LogP contribution in [0.15, 0.2) is 46.9 Å². The van der Waals surface area contributed by atoms with Crippen molar-refractivity contribution in [2.45, 2.75) is 25.8 Å². The van der Waals surface area contributed by atoms with Crippen molar-refractivity contribution >= 4 is 21.6 Å². The first kappa shape index (κ1) is 13.5. The summed E-state index contributed by atoms with van der Waals surface area (Å²) in [6, 6.07) is 15.1. The molecule has 1 aliphatic rings. The Balaban J connectivity index is 1.75. The predicted molar refractivity (Wildman–Crippen MR) is 86.4 cm³/mol. The molecule has 2 aromatic rings. The summed E-state index contributed by atoms with van der Waals surface area (Å²) in [6.07, 6.45) is 2.27. The second-order valence-corrected chi connectivity index (χ2v) is 5.85. The van der Waals surface area contributed by atoms with E-state index in [1.807, 2.05) is 19.1 Å². The van der Waals surface area contributed by atoms with Crippen LogP contribution in [-0.2, 0) is 6.42 Å². The Kier molecular flexibility index (Phi) is 3.97. The van der Waals surface area contributed by atoms with Gasteiger partial charge >= 0.3 is 0 Å². The fourth-order valence-electron chi connectivity index (χ4n) is 2.77. The van der Waals surface area contributed by atoms with Crippen molar-refractivity contribution < 1.29 is 4.74 Å². The number of benzene rings is 2. The highest BCUT2D eigenvalue weighted by molar-refractivity contribution is 9.10. The molecule has 3 heteroatoms. The number of ether oxygens (including phenoxy) is 1. The molecule has 0 aliphatic heterocycles. The van der Waals surface area contributed by atoms with Gasteiger partial charge in [-0.1, -0.05) is 28.1 Å². The number of anilines is 1. The van der Waals surface area contributed by atoms with E-state index in [1.165, 1.54) is 15.6 Å². The Bertz CT molecular complexity index is 594. The van der Waals surface area contributed by atoms with Gasteiger partial charge in [0.25, 0.3) is 0 Å². The lowest BCUT2D eigenvalue weighted by molar-refractivity contribution is 0.340. The van der Waals surface area contributed by atoms with Crippen LogP contribution < -0.4 is 10.1 Å². The maximum Gasteiger partial charge on any atom is 0.119 e. The van der Waals surface area contributed by atoms with Crippen molar-refractivity contribution in [2.24, 2.45) is 0 Å². The molecule has 0 bridgehead atoms. The highest BCUT2D eigenvalue weighted by atomic mass is 79.9. The van der Waals surface area contributed by atoms with Crippen LogP contribution in [0.4, 0.5) is 5.69 Å². The number of fused-ring (bicyclic) bond motifs is 1. The van der Waals surface area contributed by atoms with Gasteiger partial charge in [0, 0.05) is 10.2 Å². The van der Waals surface area contributed by atoms with Crippen LogP contribution in [-0.4, -0.2) is 6.61 Å². The summed E-state index contributed by atoms with van der Waals surface area (Å²) < 4.78 is 6.70. The first-order chi connectivity index (χ1) is 9.78. The van der Waals surface area contributed by atoms with Gasteiger partial charge in [0.2, 0.25) is 0 Å². The maximum atomic E-state index is 5.47. The molecule has 1 atom stereocenters. The van der Waals surface area contributed by atoms with Gasteiger partial charge in [-0.2, -0.15) is 0 Å². The Morgan fingerprint density at radius 2 is 2.00 bits per heavy atom. The summed E-state index contributed by atoms with van der Waals surface area (Å²) in [7, 11) is 0. The van der Waals surface area contributed by atoms with E-state index >= 15 is 0 Å². The number of hydrogen-bond donors (Lipinski definition) is 1. The van der Waals surface area contributed by atoms with Crippen LogP contribution in [0.3, 0.4) is 0 Å². The average Bonchev–Trinajstić information content (AvgIpc) is 2.86. The van der Waals surface area contributed by atoms with E-state index in [9.17, 15) is 0 Å². The topological polar surface area (TPSA) is 21.3 Å². The van der Waals surface area contributed by atoms with Gasteiger partial charge < -0.3 is 10.1 Å². The quantitative estimate of drug-likeness (QED) is 0.856. The standard InChI is InChI=1S/C17H18BrNO/c1-2-20-13-8-6-12(7-9-13)19-17-11-10-14-15(17)4-3-5-16(14)18/h3-9,17,19H,2,10-11H2,1H3. The molecule has 1 aliphatic carbocycles. The molecule has 2 aromatic carbocycles. The summed E-state index contributed by atoms with van der Waals surface area (Å²) in [5.74, 6) is 0.924. The molecule has 0 amide bonds. The Morgan fingerprint density at radius 3 is 2.75 bits per heavy atom. The third-order valence-electron chi connectivity index (χ3n) is 3.72. The van der Waals surface area contributed by atoms with Gasteiger partial charge in [-0.25, -0.2) is 0 Å². The molecule has 0 spiro atoms. The smallest absolute Gasteiger partial charge is 0.119 e. The van der Waals surface area contributed by atoms with E-state index in [0.717, 1.165) is 24.3 Å². The lowest BCUT2D eigenvalue weighted by atomic mass is 10.1. The van der Waals surface area contributed by atoms with Crippen molar-refractivity contribution in [3.05, 3.63) is 58.1 Å². The van der Waals surface area contributed by atoms with Gasteiger partial charge in [0.15, 0.2) is 0 Å². The molecule has 0 radical (unpaired) electrons. The summed E-state index contributed by atoms with van der Waals surface area (Å²) in [5, 5.41) is 3.62. The van der Waals surface area contributed by atoms with E-state index in [1.54, 1.807) is 0 Å². The second kappa shape index (κ2) is 5.88. The summed E-state index contributed by atoms with van der Waals surface area (Å²) >= 11 is 3.64. The summed E-state index contributed by atoms with van der Waals surface area (Å²) in [6.45, 7) is 2.70. The van der Waals surface area contributed by atoms with Crippen molar-refractivity contribution in [2.75, 3.05) is 11.9 Å². The van der Waals surface area contributed by atoms with Crippen LogP contribution in [0.1, 0.15) is 30.5 Å². The Hall–Kier alpha value is -1.48. The molecule has 0 saturated carbocycles. The molecule has 0 heterocycles. The second-order valence-electron chi connectivity index (χ2n) is 5.00. The molecule has 1 unspecified atom stereocenters. The largest absolute Gasteiger partial charge is 0.494 e. The van der Waals surface area contributed by atoms with Crippen LogP contribution in [0, 0.1) is 0 Å². The van der Waals surface area contributed by atoms with Crippen molar-refractivity contribution in [1.82, 2.24) is 0 Å². The minimum absolute atomic E-state index is 0.403. The van der Waals surface area contributed by atoms with E-state index in [-0.39, 0.29) is 0 Å². The zero-order valence-electron chi connectivity index (χ0n) is 11.5. The lowest BCUT2D eigenvalue weighted by Gasteiger charge is -2.16. The fraction of sp³-hybridized carbons (Fsp3) is 0.294. The molecule has 2 nitrogen and oxygen atoms in total. The van der Waals surface area contributed by atoms with Gasteiger partial charge in [-0.15, -0.1) is 0 Å².